The fourth-order valence-electron chi connectivity index (χ4n) is 2.92. The minimum Gasteiger partial charge on any atom is -0.380 e. The maximum absolute atomic E-state index is 5.65. The van der Waals surface area contributed by atoms with Gasteiger partial charge < -0.3 is 10.1 Å². The lowest BCUT2D eigenvalue weighted by Gasteiger charge is -2.37. The van der Waals surface area contributed by atoms with Gasteiger partial charge in [0.15, 0.2) is 0 Å². The Bertz CT molecular complexity index is 224. The molecule has 0 aromatic heterocycles. The summed E-state index contributed by atoms with van der Waals surface area (Å²) in [5.41, 5.74) is 0.491. The molecule has 0 aliphatic heterocycles. The molecule has 0 atom stereocenters. The van der Waals surface area contributed by atoms with Crippen LogP contribution < -0.4 is 5.32 Å². The molecule has 2 nitrogen and oxygen atoms in total. The van der Waals surface area contributed by atoms with Crippen molar-refractivity contribution in [1.29, 1.82) is 0 Å². The first-order valence-corrected chi connectivity index (χ1v) is 8.20. The molecule has 1 N–H and O–H groups in total. The Morgan fingerprint density at radius 2 is 1.68 bits per heavy atom. The van der Waals surface area contributed by atoms with Crippen LogP contribution in [0.4, 0.5) is 0 Å². The van der Waals surface area contributed by atoms with Crippen molar-refractivity contribution in [3.8, 4) is 0 Å². The molecule has 0 aromatic rings. The molecule has 0 amide bonds. The van der Waals surface area contributed by atoms with Crippen LogP contribution in [0.25, 0.3) is 0 Å². The molecule has 1 aliphatic carbocycles. The molecule has 1 aliphatic rings. The minimum absolute atomic E-state index is 0.491. The van der Waals surface area contributed by atoms with Crippen molar-refractivity contribution < 1.29 is 4.74 Å². The summed E-state index contributed by atoms with van der Waals surface area (Å²) in [5, 5.41) is 3.66. The van der Waals surface area contributed by atoms with E-state index in [1.165, 1.54) is 32.1 Å². The van der Waals surface area contributed by atoms with Crippen LogP contribution in [0.15, 0.2) is 0 Å². The monoisotopic (exact) mass is 269 g/mol. The molecule has 1 fully saturated rings. The van der Waals surface area contributed by atoms with Gasteiger partial charge in [0.1, 0.15) is 0 Å². The molecule has 0 unspecified atom stereocenters. The summed E-state index contributed by atoms with van der Waals surface area (Å²) in [5.74, 6) is 1.66. The molecule has 0 aromatic carbocycles. The van der Waals surface area contributed by atoms with E-state index in [1.807, 2.05) is 0 Å². The van der Waals surface area contributed by atoms with Gasteiger partial charge in [0.25, 0.3) is 0 Å². The third kappa shape index (κ3) is 7.31. The largest absolute Gasteiger partial charge is 0.380 e. The van der Waals surface area contributed by atoms with Gasteiger partial charge in [-0.25, -0.2) is 0 Å². The predicted molar refractivity (Wildman–Crippen MR) is 83.5 cm³/mol. The Hall–Kier alpha value is -0.0800. The highest BCUT2D eigenvalue weighted by Crippen LogP contribution is 2.37. The van der Waals surface area contributed by atoms with Crippen molar-refractivity contribution in [1.82, 2.24) is 5.32 Å². The zero-order valence-electron chi connectivity index (χ0n) is 13.8. The highest BCUT2D eigenvalue weighted by Gasteiger charge is 2.29. The van der Waals surface area contributed by atoms with Crippen LogP contribution >= 0.6 is 0 Å². The van der Waals surface area contributed by atoms with E-state index < -0.39 is 0 Å². The summed E-state index contributed by atoms with van der Waals surface area (Å²) < 4.78 is 5.65. The molecule has 0 bridgehead atoms. The highest BCUT2D eigenvalue weighted by atomic mass is 16.5. The first-order valence-electron chi connectivity index (χ1n) is 8.20. The van der Waals surface area contributed by atoms with Gasteiger partial charge in [-0.15, -0.1) is 0 Å². The highest BCUT2D eigenvalue weighted by molar-refractivity contribution is 4.83. The quantitative estimate of drug-likeness (QED) is 0.698. The molecule has 0 heterocycles. The average Bonchev–Trinajstić information content (AvgIpc) is 2.32. The van der Waals surface area contributed by atoms with E-state index in [9.17, 15) is 0 Å². The van der Waals surface area contributed by atoms with E-state index in [1.54, 1.807) is 0 Å². The summed E-state index contributed by atoms with van der Waals surface area (Å²) in [6, 6.07) is 0.729. The maximum Gasteiger partial charge on any atom is 0.0591 e. The number of ether oxygens (including phenoxy) is 1. The van der Waals surface area contributed by atoms with E-state index in [0.29, 0.717) is 5.41 Å². The number of hydrogen-bond donors (Lipinski definition) is 1. The van der Waals surface area contributed by atoms with Crippen molar-refractivity contribution in [3.63, 3.8) is 0 Å². The van der Waals surface area contributed by atoms with Crippen LogP contribution in [0.3, 0.4) is 0 Å². The maximum atomic E-state index is 5.65. The average molecular weight is 269 g/mol. The van der Waals surface area contributed by atoms with Crippen molar-refractivity contribution in [3.05, 3.63) is 0 Å². The van der Waals surface area contributed by atoms with Crippen molar-refractivity contribution in [2.45, 2.75) is 72.8 Å². The lowest BCUT2D eigenvalue weighted by Crippen LogP contribution is -2.37. The van der Waals surface area contributed by atoms with Gasteiger partial charge in [-0.05, 0) is 49.4 Å². The molecule has 0 radical (unpaired) electrons. The van der Waals surface area contributed by atoms with E-state index in [0.717, 1.165) is 37.6 Å². The normalized spacial score (nSPS) is 24.9. The molecular formula is C17H35NO. The Morgan fingerprint density at radius 1 is 1.05 bits per heavy atom. The Labute approximate surface area is 120 Å². The third-order valence-electron chi connectivity index (χ3n) is 4.47. The summed E-state index contributed by atoms with van der Waals surface area (Å²) in [6.45, 7) is 14.4. The predicted octanol–water partition coefficient (Wildman–Crippen LogP) is 4.24. The van der Waals surface area contributed by atoms with Crippen LogP contribution in [0.5, 0.6) is 0 Å². The Kier molecular flexibility index (Phi) is 7.38. The van der Waals surface area contributed by atoms with Gasteiger partial charge in [0, 0.05) is 19.2 Å². The van der Waals surface area contributed by atoms with E-state index in [-0.39, 0.29) is 0 Å². The fraction of sp³-hybridized carbons (Fsp3) is 1.00. The zero-order valence-corrected chi connectivity index (χ0v) is 13.8. The topological polar surface area (TPSA) is 21.3 Å². The van der Waals surface area contributed by atoms with Crippen molar-refractivity contribution >= 4 is 0 Å². The molecule has 0 saturated heterocycles. The van der Waals surface area contributed by atoms with Crippen LogP contribution in [0, 0.1) is 17.3 Å². The second kappa shape index (κ2) is 8.26. The lowest BCUT2D eigenvalue weighted by molar-refractivity contribution is 0.116. The third-order valence-corrected chi connectivity index (χ3v) is 4.47. The number of nitrogens with one attached hydrogen (secondary N) is 1. The molecule has 114 valence electrons. The summed E-state index contributed by atoms with van der Waals surface area (Å²) in [6.07, 6.45) is 6.63. The molecule has 1 saturated carbocycles. The van der Waals surface area contributed by atoms with Gasteiger partial charge >= 0.3 is 0 Å². The molecular weight excluding hydrogens is 234 g/mol. The molecule has 2 heteroatoms. The van der Waals surface area contributed by atoms with E-state index in [4.69, 9.17) is 4.74 Å². The van der Waals surface area contributed by atoms with E-state index >= 15 is 0 Å². The van der Waals surface area contributed by atoms with Crippen molar-refractivity contribution in [2.75, 3.05) is 19.8 Å². The van der Waals surface area contributed by atoms with Gasteiger partial charge in [-0.3, -0.25) is 0 Å². The minimum atomic E-state index is 0.491. The number of rotatable bonds is 7. The van der Waals surface area contributed by atoms with Crippen molar-refractivity contribution in [2.24, 2.45) is 17.3 Å². The lowest BCUT2D eigenvalue weighted by atomic mass is 9.71. The van der Waals surface area contributed by atoms with Crippen LogP contribution in [-0.2, 0) is 4.74 Å². The smallest absolute Gasteiger partial charge is 0.0591 e. The summed E-state index contributed by atoms with van der Waals surface area (Å²) >= 11 is 0. The zero-order chi connectivity index (χ0) is 14.3. The standard InChI is InChI=1S/C17H35NO/c1-14(2)10-12-19-13-11-18-16-8-6-15(7-9-16)17(3,4)5/h14-16,18H,6-13H2,1-5H3. The van der Waals surface area contributed by atoms with Gasteiger partial charge in [-0.2, -0.15) is 0 Å². The van der Waals surface area contributed by atoms with Gasteiger partial charge in [-0.1, -0.05) is 34.6 Å². The first-order chi connectivity index (χ1) is 8.89. The summed E-state index contributed by atoms with van der Waals surface area (Å²) in [7, 11) is 0. The van der Waals surface area contributed by atoms with Crippen LogP contribution in [-0.4, -0.2) is 25.8 Å². The molecule has 0 spiro atoms. The fourth-order valence-corrected chi connectivity index (χ4v) is 2.92. The number of hydrogen-bond acceptors (Lipinski definition) is 2. The second-order valence-corrected chi connectivity index (χ2v) is 7.66. The SMILES string of the molecule is CC(C)CCOCCNC1CCC(C(C)(C)C)CC1. The summed E-state index contributed by atoms with van der Waals surface area (Å²) in [4.78, 5) is 0. The molecule has 19 heavy (non-hydrogen) atoms. The van der Waals surface area contributed by atoms with E-state index in [2.05, 4.69) is 39.9 Å². The molecule has 1 rings (SSSR count). The van der Waals surface area contributed by atoms with Crippen LogP contribution in [0.2, 0.25) is 0 Å². The van der Waals surface area contributed by atoms with Crippen LogP contribution in [0.1, 0.15) is 66.7 Å². The first kappa shape index (κ1) is 17.0. The van der Waals surface area contributed by atoms with Gasteiger partial charge in [0.05, 0.1) is 6.61 Å². The Balaban J connectivity index is 2.01. The second-order valence-electron chi connectivity index (χ2n) is 7.66. The van der Waals surface area contributed by atoms with Gasteiger partial charge in [0.2, 0.25) is 0 Å². The Morgan fingerprint density at radius 3 is 2.21 bits per heavy atom.